The minimum absolute atomic E-state index is 0.0111. The number of fused-ring (bicyclic) bond motifs is 2. The third-order valence-corrected chi connectivity index (χ3v) is 10.8. The van der Waals surface area contributed by atoms with Crippen molar-refractivity contribution in [1.82, 2.24) is 20.3 Å². The fourth-order valence-corrected chi connectivity index (χ4v) is 9.12. The summed E-state index contributed by atoms with van der Waals surface area (Å²) < 4.78 is 24.3. The van der Waals surface area contributed by atoms with Gasteiger partial charge >= 0.3 is 0 Å². The number of nitrogens with zero attached hydrogens (tertiary/aromatic N) is 4. The highest BCUT2D eigenvalue weighted by Crippen LogP contribution is 2.60. The second-order valence-corrected chi connectivity index (χ2v) is 15.0. The topological polar surface area (TPSA) is 122 Å². The second-order valence-electron chi connectivity index (χ2n) is 11.2. The second kappa shape index (κ2) is 10.1. The van der Waals surface area contributed by atoms with Crippen LogP contribution in [-0.4, -0.2) is 72.7 Å². The number of rotatable bonds is 8. The van der Waals surface area contributed by atoms with Crippen LogP contribution in [0.25, 0.3) is 0 Å². The Morgan fingerprint density at radius 1 is 1.39 bits per heavy atom. The molecule has 5 atom stereocenters. The van der Waals surface area contributed by atoms with Crippen molar-refractivity contribution in [2.45, 2.75) is 75.5 Å². The first-order chi connectivity index (χ1) is 18.1. The van der Waals surface area contributed by atoms with Crippen molar-refractivity contribution in [2.24, 2.45) is 5.92 Å². The van der Waals surface area contributed by atoms with Crippen LogP contribution in [0.1, 0.15) is 37.4 Å². The molecule has 1 spiro atoms. The SMILES string of the molecule is C[C@@H]1[C@@H]([Si](C)(C)F)[C@H](CCn2cc(CCO)nn2)O[C@@]12C(=O)N(C)c1ccc(NC(=O)[C@H]3CCCN3)cc12. The van der Waals surface area contributed by atoms with Gasteiger partial charge in [0.1, 0.15) is 0 Å². The molecule has 3 N–H and O–H groups in total. The lowest BCUT2D eigenvalue weighted by molar-refractivity contribution is -0.145. The number of hydrogen-bond donors (Lipinski definition) is 3. The molecule has 4 heterocycles. The lowest BCUT2D eigenvalue weighted by atomic mass is 9.82. The Kier molecular flexibility index (Phi) is 7.18. The molecule has 12 heteroatoms. The number of aromatic nitrogens is 3. The summed E-state index contributed by atoms with van der Waals surface area (Å²) in [5.74, 6) is -0.716. The number of aliphatic hydroxyl groups is 1. The number of amides is 2. The number of anilines is 2. The molecule has 0 radical (unpaired) electrons. The van der Waals surface area contributed by atoms with Crippen molar-refractivity contribution in [3.8, 4) is 0 Å². The van der Waals surface area contributed by atoms with Crippen LogP contribution in [0.2, 0.25) is 18.6 Å². The van der Waals surface area contributed by atoms with Gasteiger partial charge < -0.3 is 29.5 Å². The van der Waals surface area contributed by atoms with Gasteiger partial charge in [0, 0.05) is 55.5 Å². The van der Waals surface area contributed by atoms with Gasteiger partial charge in [0.15, 0.2) is 5.60 Å². The van der Waals surface area contributed by atoms with E-state index in [1.165, 1.54) is 0 Å². The molecule has 1 aromatic carbocycles. The lowest BCUT2D eigenvalue weighted by Gasteiger charge is -2.31. The van der Waals surface area contributed by atoms with Crippen LogP contribution in [0, 0.1) is 5.92 Å². The van der Waals surface area contributed by atoms with Crippen LogP contribution in [0.5, 0.6) is 0 Å². The van der Waals surface area contributed by atoms with E-state index in [1.54, 1.807) is 42.0 Å². The van der Waals surface area contributed by atoms with E-state index in [4.69, 9.17) is 9.84 Å². The average molecular weight is 545 g/mol. The molecule has 10 nitrogen and oxygen atoms in total. The number of hydrogen-bond acceptors (Lipinski definition) is 7. The standard InChI is InChI=1S/C26H37FN6O4Si/c1-16-23(38(3,4)27)22(9-12-33-15-18(10-13-34)30-31-33)37-26(16)19-14-17(7-8-21(19)32(2)25(26)36)29-24(35)20-6-5-11-28-20/h7-8,14-16,20,22-23,28,34H,5-6,9-13H2,1-4H3,(H,29,35)/t16-,20-,22+,23-,26+/m1/s1. The Morgan fingerprint density at radius 3 is 2.87 bits per heavy atom. The minimum Gasteiger partial charge on any atom is -0.396 e. The molecule has 0 aliphatic carbocycles. The summed E-state index contributed by atoms with van der Waals surface area (Å²) in [5, 5.41) is 23.5. The van der Waals surface area contributed by atoms with Gasteiger partial charge in [-0.25, -0.2) is 0 Å². The molecular weight excluding hydrogens is 507 g/mol. The fourth-order valence-electron chi connectivity index (χ4n) is 6.57. The smallest absolute Gasteiger partial charge is 0.264 e. The van der Waals surface area contributed by atoms with E-state index in [-0.39, 0.29) is 24.5 Å². The largest absolute Gasteiger partial charge is 0.396 e. The minimum atomic E-state index is -3.27. The van der Waals surface area contributed by atoms with Crippen molar-refractivity contribution < 1.29 is 23.5 Å². The molecule has 2 aromatic rings. The summed E-state index contributed by atoms with van der Waals surface area (Å²) >= 11 is 0. The molecular formula is C26H37FN6O4Si. The monoisotopic (exact) mass is 544 g/mol. The quantitative estimate of drug-likeness (QED) is 0.345. The molecule has 0 unspecified atom stereocenters. The summed E-state index contributed by atoms with van der Waals surface area (Å²) in [6.07, 6.45) is 3.91. The van der Waals surface area contributed by atoms with Crippen molar-refractivity contribution in [3.63, 3.8) is 0 Å². The van der Waals surface area contributed by atoms with Gasteiger partial charge in [-0.3, -0.25) is 14.3 Å². The van der Waals surface area contributed by atoms with Crippen LogP contribution in [0.15, 0.2) is 24.4 Å². The number of carbonyl (C=O) groups excluding carboxylic acids is 2. The number of benzene rings is 1. The normalized spacial score (nSPS) is 28.9. The first-order valence-electron chi connectivity index (χ1n) is 13.4. The molecule has 2 fully saturated rings. The third kappa shape index (κ3) is 4.57. The first-order valence-corrected chi connectivity index (χ1v) is 16.4. The highest BCUT2D eigenvalue weighted by molar-refractivity contribution is 6.72. The van der Waals surface area contributed by atoms with E-state index < -0.39 is 31.6 Å². The number of nitrogens with one attached hydrogen (secondary N) is 2. The highest BCUT2D eigenvalue weighted by Gasteiger charge is 2.66. The van der Waals surface area contributed by atoms with Crippen molar-refractivity contribution in [2.75, 3.05) is 30.4 Å². The van der Waals surface area contributed by atoms with Gasteiger partial charge in [-0.2, -0.15) is 0 Å². The summed E-state index contributed by atoms with van der Waals surface area (Å²) in [6, 6.07) is 5.22. The molecule has 5 rings (SSSR count). The van der Waals surface area contributed by atoms with E-state index in [1.807, 2.05) is 19.1 Å². The maximum Gasteiger partial charge on any atom is 0.264 e. The first kappa shape index (κ1) is 26.9. The third-order valence-electron chi connectivity index (χ3n) is 8.33. The molecule has 206 valence electrons. The number of halogens is 1. The van der Waals surface area contributed by atoms with Crippen LogP contribution >= 0.6 is 0 Å². The van der Waals surface area contributed by atoms with Crippen LogP contribution in [0.3, 0.4) is 0 Å². The molecule has 1 aromatic heterocycles. The number of aryl methyl sites for hydroxylation is 1. The number of ether oxygens (including phenoxy) is 1. The van der Waals surface area contributed by atoms with E-state index >= 15 is 4.11 Å². The molecule has 2 amide bonds. The lowest BCUT2D eigenvalue weighted by Crippen LogP contribution is -2.44. The predicted molar refractivity (Wildman–Crippen MR) is 143 cm³/mol. The Bertz CT molecular complexity index is 1210. The van der Waals surface area contributed by atoms with Crippen molar-refractivity contribution in [3.05, 3.63) is 35.7 Å². The van der Waals surface area contributed by atoms with Crippen LogP contribution in [0.4, 0.5) is 15.5 Å². The Labute approximate surface area is 223 Å². The summed E-state index contributed by atoms with van der Waals surface area (Å²) in [7, 11) is -1.56. The Balaban J connectivity index is 1.45. The van der Waals surface area contributed by atoms with Crippen LogP contribution in [-0.2, 0) is 32.9 Å². The molecule has 38 heavy (non-hydrogen) atoms. The zero-order chi connectivity index (χ0) is 27.2. The summed E-state index contributed by atoms with van der Waals surface area (Å²) in [5.41, 5.74) is 0.911. The van der Waals surface area contributed by atoms with E-state index in [9.17, 15) is 9.59 Å². The van der Waals surface area contributed by atoms with E-state index in [0.29, 0.717) is 42.0 Å². The van der Waals surface area contributed by atoms with Gasteiger partial charge in [-0.1, -0.05) is 12.1 Å². The van der Waals surface area contributed by atoms with Crippen molar-refractivity contribution in [1.29, 1.82) is 0 Å². The Hall–Kier alpha value is -2.67. The average Bonchev–Trinajstić information content (AvgIpc) is 3.64. The van der Waals surface area contributed by atoms with Gasteiger partial charge in [0.05, 0.1) is 23.5 Å². The predicted octanol–water partition coefficient (Wildman–Crippen LogP) is 2.35. The molecule has 3 aliphatic heterocycles. The van der Waals surface area contributed by atoms with E-state index in [2.05, 4.69) is 20.9 Å². The Morgan fingerprint density at radius 2 is 2.18 bits per heavy atom. The highest BCUT2D eigenvalue weighted by atomic mass is 28.4. The summed E-state index contributed by atoms with van der Waals surface area (Å²) in [4.78, 5) is 28.2. The molecule has 3 aliphatic rings. The maximum atomic E-state index is 15.9. The van der Waals surface area contributed by atoms with Crippen molar-refractivity contribution >= 4 is 31.6 Å². The zero-order valence-electron chi connectivity index (χ0n) is 22.4. The number of aliphatic hydroxyl groups excluding tert-OH is 1. The van der Waals surface area contributed by atoms with Gasteiger partial charge in [-0.15, -0.1) is 5.10 Å². The summed E-state index contributed by atoms with van der Waals surface area (Å²) in [6.45, 7) is 6.53. The molecule has 0 bridgehead atoms. The van der Waals surface area contributed by atoms with Gasteiger partial charge in [0.25, 0.3) is 5.91 Å². The van der Waals surface area contributed by atoms with Crippen LogP contribution < -0.4 is 15.5 Å². The maximum absolute atomic E-state index is 15.9. The fraction of sp³-hybridized carbons (Fsp3) is 0.615. The molecule has 2 saturated heterocycles. The van der Waals surface area contributed by atoms with E-state index in [0.717, 1.165) is 19.4 Å². The van der Waals surface area contributed by atoms with Gasteiger partial charge in [0.2, 0.25) is 14.3 Å². The zero-order valence-corrected chi connectivity index (χ0v) is 23.4. The van der Waals surface area contributed by atoms with Gasteiger partial charge in [-0.05, 0) is 57.1 Å². The number of carbonyl (C=O) groups is 2. The molecule has 0 saturated carbocycles. The number of likely N-dealkylation sites (N-methyl/N-ethyl adjacent to an activating group) is 1.